The maximum Gasteiger partial charge on any atom is 0.326 e. The van der Waals surface area contributed by atoms with Crippen LogP contribution in [-0.4, -0.2) is 37.2 Å². The Kier molecular flexibility index (Phi) is 6.75. The molecule has 1 aliphatic rings. The molecule has 2 aromatic rings. The molecule has 0 radical (unpaired) electrons. The molecule has 1 aliphatic carbocycles. The highest BCUT2D eigenvalue weighted by molar-refractivity contribution is 5.85. The van der Waals surface area contributed by atoms with E-state index in [4.69, 9.17) is 9.47 Å². The van der Waals surface area contributed by atoms with Crippen molar-refractivity contribution >= 4 is 11.9 Å². The van der Waals surface area contributed by atoms with Crippen molar-refractivity contribution in [1.82, 2.24) is 5.32 Å². The molecule has 0 bridgehead atoms. The molecule has 2 unspecified atom stereocenters. The third kappa shape index (κ3) is 5.08. The van der Waals surface area contributed by atoms with Gasteiger partial charge in [0.25, 0.3) is 0 Å². The van der Waals surface area contributed by atoms with Crippen LogP contribution in [0.5, 0.6) is 11.5 Å². The van der Waals surface area contributed by atoms with Crippen LogP contribution in [0.25, 0.3) is 0 Å². The fourth-order valence-corrected chi connectivity index (χ4v) is 4.03. The van der Waals surface area contributed by atoms with E-state index in [-0.39, 0.29) is 18.2 Å². The van der Waals surface area contributed by atoms with Crippen molar-refractivity contribution < 1.29 is 24.2 Å². The van der Waals surface area contributed by atoms with E-state index in [1.54, 1.807) is 25.3 Å². The number of rotatable bonds is 8. The summed E-state index contributed by atoms with van der Waals surface area (Å²) < 4.78 is 10.5. The molecule has 2 atom stereocenters. The zero-order valence-corrected chi connectivity index (χ0v) is 16.8. The maximum atomic E-state index is 12.5. The Morgan fingerprint density at radius 3 is 2.62 bits per heavy atom. The van der Waals surface area contributed by atoms with Gasteiger partial charge in [-0.25, -0.2) is 4.79 Å². The van der Waals surface area contributed by atoms with Crippen LogP contribution in [-0.2, 0) is 22.4 Å². The Bertz CT molecular complexity index is 879. The van der Waals surface area contributed by atoms with Crippen molar-refractivity contribution in [2.24, 2.45) is 0 Å². The van der Waals surface area contributed by atoms with Crippen LogP contribution in [0, 0.1) is 0 Å². The molecule has 1 amide bonds. The van der Waals surface area contributed by atoms with Gasteiger partial charge in [0.2, 0.25) is 5.91 Å². The number of carboxylic acids is 1. The molecule has 0 saturated heterocycles. The first-order valence-electron chi connectivity index (χ1n) is 9.82. The number of hydrogen-bond acceptors (Lipinski definition) is 4. The number of benzene rings is 2. The molecular weight excluding hydrogens is 370 g/mol. The maximum absolute atomic E-state index is 12.5. The third-order valence-corrected chi connectivity index (χ3v) is 5.46. The summed E-state index contributed by atoms with van der Waals surface area (Å²) in [4.78, 5) is 24.3. The van der Waals surface area contributed by atoms with E-state index < -0.39 is 12.0 Å². The molecule has 2 N–H and O–H groups in total. The quantitative estimate of drug-likeness (QED) is 0.714. The lowest BCUT2D eigenvalue weighted by Gasteiger charge is -2.28. The van der Waals surface area contributed by atoms with Gasteiger partial charge < -0.3 is 19.9 Å². The largest absolute Gasteiger partial charge is 0.493 e. The zero-order valence-electron chi connectivity index (χ0n) is 16.8. The average molecular weight is 397 g/mol. The lowest BCUT2D eigenvalue weighted by molar-refractivity contribution is -0.142. The van der Waals surface area contributed by atoms with Gasteiger partial charge in [0.1, 0.15) is 6.04 Å². The molecule has 0 heterocycles. The fraction of sp³-hybridized carbons (Fsp3) is 0.391. The van der Waals surface area contributed by atoms with Crippen LogP contribution in [0.3, 0.4) is 0 Å². The Hall–Kier alpha value is -3.02. The normalized spacial score (nSPS) is 16.4. The zero-order chi connectivity index (χ0) is 20.8. The number of methoxy groups -OCH3 is 2. The molecule has 2 aromatic carbocycles. The number of aliphatic carboxylic acids is 1. The summed E-state index contributed by atoms with van der Waals surface area (Å²) in [6.45, 7) is 0. The predicted octanol–water partition coefficient (Wildman–Crippen LogP) is 3.33. The molecule has 6 nitrogen and oxygen atoms in total. The molecule has 0 saturated carbocycles. The topological polar surface area (TPSA) is 84.9 Å². The third-order valence-electron chi connectivity index (χ3n) is 5.46. The van der Waals surface area contributed by atoms with E-state index in [0.29, 0.717) is 17.9 Å². The molecule has 0 fully saturated rings. The fourth-order valence-electron chi connectivity index (χ4n) is 4.03. The van der Waals surface area contributed by atoms with Gasteiger partial charge >= 0.3 is 5.97 Å². The number of hydrogen-bond donors (Lipinski definition) is 2. The first kappa shape index (κ1) is 20.7. The van der Waals surface area contributed by atoms with E-state index in [0.717, 1.165) is 24.8 Å². The molecule has 29 heavy (non-hydrogen) atoms. The molecule has 3 rings (SSSR count). The first-order valence-corrected chi connectivity index (χ1v) is 9.82. The average Bonchev–Trinajstić information content (AvgIpc) is 2.73. The van der Waals surface area contributed by atoms with Gasteiger partial charge in [0.15, 0.2) is 11.5 Å². The summed E-state index contributed by atoms with van der Waals surface area (Å²) in [6.07, 6.45) is 3.46. The van der Waals surface area contributed by atoms with Crippen molar-refractivity contribution in [2.45, 2.75) is 44.1 Å². The first-order chi connectivity index (χ1) is 14.0. The van der Waals surface area contributed by atoms with E-state index in [1.807, 2.05) is 12.1 Å². The van der Waals surface area contributed by atoms with Gasteiger partial charge in [0, 0.05) is 0 Å². The summed E-state index contributed by atoms with van der Waals surface area (Å²) in [6, 6.07) is 12.5. The van der Waals surface area contributed by atoms with Crippen molar-refractivity contribution in [3.63, 3.8) is 0 Å². The molecule has 154 valence electrons. The number of ether oxygens (including phenoxy) is 2. The Morgan fingerprint density at radius 1 is 1.14 bits per heavy atom. The van der Waals surface area contributed by atoms with Crippen molar-refractivity contribution in [3.05, 3.63) is 59.2 Å². The van der Waals surface area contributed by atoms with Crippen LogP contribution in [0.2, 0.25) is 0 Å². The number of aryl methyl sites for hydroxylation is 1. The Labute approximate surface area is 170 Å². The summed E-state index contributed by atoms with van der Waals surface area (Å²) in [5.74, 6) is -0.0766. The number of carboxylic acid groups (broad SMARTS) is 1. The Morgan fingerprint density at radius 2 is 1.90 bits per heavy atom. The monoisotopic (exact) mass is 397 g/mol. The van der Waals surface area contributed by atoms with Gasteiger partial charge in [-0.3, -0.25) is 4.79 Å². The number of fused-ring (bicyclic) bond motifs is 1. The SMILES string of the molecule is COc1ccc(CC(=O)NC(CC2CCCc3ccccc32)C(=O)O)cc1OC. The highest BCUT2D eigenvalue weighted by atomic mass is 16.5. The van der Waals surface area contributed by atoms with Crippen LogP contribution < -0.4 is 14.8 Å². The second-order valence-electron chi connectivity index (χ2n) is 7.35. The smallest absolute Gasteiger partial charge is 0.326 e. The highest BCUT2D eigenvalue weighted by Crippen LogP contribution is 2.34. The number of amides is 1. The minimum Gasteiger partial charge on any atom is -0.493 e. The molecule has 6 heteroatoms. The van der Waals surface area contributed by atoms with Gasteiger partial charge in [-0.15, -0.1) is 0 Å². The van der Waals surface area contributed by atoms with Crippen LogP contribution in [0.15, 0.2) is 42.5 Å². The highest BCUT2D eigenvalue weighted by Gasteiger charge is 2.28. The van der Waals surface area contributed by atoms with Crippen molar-refractivity contribution in [3.8, 4) is 11.5 Å². The van der Waals surface area contributed by atoms with E-state index in [2.05, 4.69) is 17.4 Å². The Balaban J connectivity index is 1.67. The van der Waals surface area contributed by atoms with Gasteiger partial charge in [0.05, 0.1) is 20.6 Å². The summed E-state index contributed by atoms with van der Waals surface area (Å²) in [7, 11) is 3.08. The minimum atomic E-state index is -1.01. The summed E-state index contributed by atoms with van der Waals surface area (Å²) in [5, 5.41) is 12.4. The second kappa shape index (κ2) is 9.45. The summed E-state index contributed by atoms with van der Waals surface area (Å²) in [5.41, 5.74) is 3.22. The predicted molar refractivity (Wildman–Crippen MR) is 110 cm³/mol. The van der Waals surface area contributed by atoms with Crippen LogP contribution in [0.1, 0.15) is 41.9 Å². The van der Waals surface area contributed by atoms with E-state index >= 15 is 0 Å². The van der Waals surface area contributed by atoms with Gasteiger partial charge in [-0.05, 0) is 60.4 Å². The number of nitrogens with one attached hydrogen (secondary N) is 1. The van der Waals surface area contributed by atoms with E-state index in [1.165, 1.54) is 18.2 Å². The van der Waals surface area contributed by atoms with Crippen LogP contribution in [0.4, 0.5) is 0 Å². The molecular formula is C23H27NO5. The lowest BCUT2D eigenvalue weighted by Crippen LogP contribution is -2.42. The standard InChI is InChI=1S/C23H27NO5/c1-28-20-11-10-15(12-21(20)29-2)13-22(25)24-19(23(26)27)14-17-8-5-7-16-6-3-4-9-18(16)17/h3-4,6,9-12,17,19H,5,7-8,13-14H2,1-2H3,(H,24,25)(H,26,27). The van der Waals surface area contributed by atoms with Gasteiger partial charge in [-0.2, -0.15) is 0 Å². The second-order valence-corrected chi connectivity index (χ2v) is 7.35. The molecule has 0 spiro atoms. The number of carbonyl (C=O) groups is 2. The molecule has 0 aliphatic heterocycles. The molecule has 0 aromatic heterocycles. The van der Waals surface area contributed by atoms with Crippen molar-refractivity contribution in [2.75, 3.05) is 14.2 Å². The van der Waals surface area contributed by atoms with Gasteiger partial charge in [-0.1, -0.05) is 30.3 Å². The summed E-state index contributed by atoms with van der Waals surface area (Å²) >= 11 is 0. The minimum absolute atomic E-state index is 0.0748. The van der Waals surface area contributed by atoms with Crippen molar-refractivity contribution in [1.29, 1.82) is 0 Å². The van der Waals surface area contributed by atoms with E-state index in [9.17, 15) is 14.7 Å². The lowest BCUT2D eigenvalue weighted by atomic mass is 9.79. The van der Waals surface area contributed by atoms with Crippen LogP contribution >= 0.6 is 0 Å². The number of carbonyl (C=O) groups excluding carboxylic acids is 1.